The zero-order valence-electron chi connectivity index (χ0n) is 11.3. The van der Waals surface area contributed by atoms with Gasteiger partial charge in [0.2, 0.25) is 0 Å². The first-order chi connectivity index (χ1) is 7.74. The van der Waals surface area contributed by atoms with E-state index in [9.17, 15) is 0 Å². The van der Waals surface area contributed by atoms with E-state index in [1.54, 1.807) is 0 Å². The first-order valence-corrected chi connectivity index (χ1v) is 7.09. The first-order valence-electron chi connectivity index (χ1n) is 7.09. The lowest BCUT2D eigenvalue weighted by atomic mass is 10.0. The molecule has 0 amide bonds. The van der Waals surface area contributed by atoms with E-state index in [1.807, 2.05) is 0 Å². The number of hydrogen-bond donors (Lipinski definition) is 1. The maximum Gasteiger partial charge on any atom is 0.0575 e. The van der Waals surface area contributed by atoms with Crippen molar-refractivity contribution in [3.05, 3.63) is 0 Å². The molecule has 96 valence electrons. The number of hydrogen-bond acceptors (Lipinski definition) is 2. The van der Waals surface area contributed by atoms with Crippen LogP contribution >= 0.6 is 0 Å². The molecule has 2 unspecified atom stereocenters. The van der Waals surface area contributed by atoms with E-state index in [1.165, 1.54) is 32.1 Å². The van der Waals surface area contributed by atoms with Gasteiger partial charge in [0.25, 0.3) is 0 Å². The van der Waals surface area contributed by atoms with Crippen molar-refractivity contribution in [2.24, 2.45) is 5.92 Å². The second-order valence-electron chi connectivity index (χ2n) is 5.26. The van der Waals surface area contributed by atoms with Gasteiger partial charge in [-0.15, -0.1) is 0 Å². The Bertz CT molecular complexity index is 166. The zero-order valence-corrected chi connectivity index (χ0v) is 11.3. The molecule has 1 aliphatic carbocycles. The van der Waals surface area contributed by atoms with Crippen molar-refractivity contribution in [1.82, 2.24) is 5.32 Å². The summed E-state index contributed by atoms with van der Waals surface area (Å²) in [6, 6.07) is 0.636. The normalized spacial score (nSPS) is 21.2. The molecule has 16 heavy (non-hydrogen) atoms. The van der Waals surface area contributed by atoms with Gasteiger partial charge in [-0.3, -0.25) is 0 Å². The molecule has 1 aliphatic rings. The molecule has 0 aromatic heterocycles. The first kappa shape index (κ1) is 14.0. The molecule has 0 aromatic carbocycles. The molecular formula is C14H29NO. The molecule has 1 N–H and O–H groups in total. The highest BCUT2D eigenvalue weighted by Crippen LogP contribution is 2.20. The minimum Gasteiger partial charge on any atom is -0.378 e. The Morgan fingerprint density at radius 1 is 1.25 bits per heavy atom. The molecule has 0 heterocycles. The van der Waals surface area contributed by atoms with Crippen molar-refractivity contribution in [3.63, 3.8) is 0 Å². The van der Waals surface area contributed by atoms with Gasteiger partial charge in [-0.2, -0.15) is 0 Å². The Morgan fingerprint density at radius 2 is 1.94 bits per heavy atom. The predicted octanol–water partition coefficient (Wildman–Crippen LogP) is 3.36. The van der Waals surface area contributed by atoms with E-state index in [0.717, 1.165) is 25.5 Å². The van der Waals surface area contributed by atoms with Crippen LogP contribution in [-0.4, -0.2) is 25.3 Å². The highest BCUT2D eigenvalue weighted by atomic mass is 16.5. The van der Waals surface area contributed by atoms with Crippen LogP contribution in [0.1, 0.15) is 59.3 Å². The molecule has 0 spiro atoms. The second kappa shape index (κ2) is 8.08. The summed E-state index contributed by atoms with van der Waals surface area (Å²) in [4.78, 5) is 0. The van der Waals surface area contributed by atoms with Crippen LogP contribution in [0.3, 0.4) is 0 Å². The summed E-state index contributed by atoms with van der Waals surface area (Å²) in [5, 5.41) is 3.58. The van der Waals surface area contributed by atoms with Gasteiger partial charge < -0.3 is 10.1 Å². The Hall–Kier alpha value is -0.0800. The van der Waals surface area contributed by atoms with Gasteiger partial charge in [0.05, 0.1) is 6.10 Å². The van der Waals surface area contributed by atoms with E-state index < -0.39 is 0 Å². The summed E-state index contributed by atoms with van der Waals surface area (Å²) >= 11 is 0. The zero-order chi connectivity index (χ0) is 11.8. The third-order valence-electron chi connectivity index (χ3n) is 3.94. The molecule has 2 nitrogen and oxygen atoms in total. The van der Waals surface area contributed by atoms with Crippen LogP contribution in [0.4, 0.5) is 0 Å². The third kappa shape index (κ3) is 5.31. The monoisotopic (exact) mass is 227 g/mol. The van der Waals surface area contributed by atoms with E-state index in [2.05, 4.69) is 26.1 Å². The van der Waals surface area contributed by atoms with E-state index in [0.29, 0.717) is 12.1 Å². The van der Waals surface area contributed by atoms with Crippen LogP contribution in [0, 0.1) is 5.92 Å². The second-order valence-corrected chi connectivity index (χ2v) is 5.26. The van der Waals surface area contributed by atoms with Crippen molar-refractivity contribution < 1.29 is 4.74 Å². The summed E-state index contributed by atoms with van der Waals surface area (Å²) in [5.74, 6) is 0.774. The molecule has 1 fully saturated rings. The van der Waals surface area contributed by atoms with E-state index >= 15 is 0 Å². The van der Waals surface area contributed by atoms with Crippen molar-refractivity contribution in [2.75, 3.05) is 13.2 Å². The molecule has 2 heteroatoms. The summed E-state index contributed by atoms with van der Waals surface area (Å²) in [6.45, 7) is 8.88. The van der Waals surface area contributed by atoms with E-state index in [4.69, 9.17) is 4.74 Å². The van der Waals surface area contributed by atoms with Crippen molar-refractivity contribution in [3.8, 4) is 0 Å². The fraction of sp³-hybridized carbons (Fsp3) is 1.00. The van der Waals surface area contributed by atoms with Gasteiger partial charge in [-0.05, 0) is 38.6 Å². The molecule has 0 radical (unpaired) electrons. The van der Waals surface area contributed by atoms with Crippen molar-refractivity contribution >= 4 is 0 Å². The highest BCUT2D eigenvalue weighted by molar-refractivity contribution is 4.68. The van der Waals surface area contributed by atoms with Gasteiger partial charge >= 0.3 is 0 Å². The summed E-state index contributed by atoms with van der Waals surface area (Å²) in [6.07, 6.45) is 8.30. The third-order valence-corrected chi connectivity index (χ3v) is 3.94. The minimum absolute atomic E-state index is 0.576. The largest absolute Gasteiger partial charge is 0.378 e. The SMILES string of the molecule is CCC(C)C(C)NCCCOC1CCCC1. The average molecular weight is 227 g/mol. The maximum absolute atomic E-state index is 5.83. The standard InChI is InChI=1S/C14H29NO/c1-4-12(2)13(3)15-10-7-11-16-14-8-5-6-9-14/h12-15H,4-11H2,1-3H3. The predicted molar refractivity (Wildman–Crippen MR) is 69.7 cm³/mol. The minimum atomic E-state index is 0.576. The Kier molecular flexibility index (Phi) is 7.06. The van der Waals surface area contributed by atoms with Crippen LogP contribution in [0.15, 0.2) is 0 Å². The fourth-order valence-corrected chi connectivity index (χ4v) is 2.26. The van der Waals surface area contributed by atoms with Crippen molar-refractivity contribution in [2.45, 2.75) is 71.4 Å². The quantitative estimate of drug-likeness (QED) is 0.642. The smallest absolute Gasteiger partial charge is 0.0575 e. The molecule has 0 aromatic rings. The number of ether oxygens (including phenoxy) is 1. The molecule has 1 saturated carbocycles. The summed E-state index contributed by atoms with van der Waals surface area (Å²) < 4.78 is 5.83. The lowest BCUT2D eigenvalue weighted by Gasteiger charge is -2.20. The molecule has 0 aliphatic heterocycles. The van der Waals surface area contributed by atoms with Crippen LogP contribution in [0.2, 0.25) is 0 Å². The number of rotatable bonds is 8. The van der Waals surface area contributed by atoms with Gasteiger partial charge in [-0.25, -0.2) is 0 Å². The van der Waals surface area contributed by atoms with Gasteiger partial charge in [0.1, 0.15) is 0 Å². The molecule has 2 atom stereocenters. The van der Waals surface area contributed by atoms with Gasteiger partial charge in [0, 0.05) is 12.6 Å². The lowest BCUT2D eigenvalue weighted by molar-refractivity contribution is 0.0564. The van der Waals surface area contributed by atoms with Gasteiger partial charge in [0.15, 0.2) is 0 Å². The van der Waals surface area contributed by atoms with Crippen LogP contribution < -0.4 is 5.32 Å². The fourth-order valence-electron chi connectivity index (χ4n) is 2.26. The Balaban J connectivity index is 1.91. The Labute approximate surface area is 101 Å². The topological polar surface area (TPSA) is 21.3 Å². The van der Waals surface area contributed by atoms with Crippen molar-refractivity contribution in [1.29, 1.82) is 0 Å². The molecular weight excluding hydrogens is 198 g/mol. The Morgan fingerprint density at radius 3 is 2.56 bits per heavy atom. The lowest BCUT2D eigenvalue weighted by Crippen LogP contribution is -2.33. The van der Waals surface area contributed by atoms with Gasteiger partial charge in [-0.1, -0.05) is 33.1 Å². The van der Waals surface area contributed by atoms with Crippen LogP contribution in [0.5, 0.6) is 0 Å². The molecule has 0 saturated heterocycles. The maximum atomic E-state index is 5.83. The average Bonchev–Trinajstić information content (AvgIpc) is 2.80. The highest BCUT2D eigenvalue weighted by Gasteiger charge is 2.14. The summed E-state index contributed by atoms with van der Waals surface area (Å²) in [7, 11) is 0. The van der Waals surface area contributed by atoms with Crippen LogP contribution in [0.25, 0.3) is 0 Å². The van der Waals surface area contributed by atoms with Crippen LogP contribution in [-0.2, 0) is 4.74 Å². The molecule has 1 rings (SSSR count). The molecule has 0 bridgehead atoms. The summed E-state index contributed by atoms with van der Waals surface area (Å²) in [5.41, 5.74) is 0. The number of nitrogens with one attached hydrogen (secondary N) is 1. The van der Waals surface area contributed by atoms with E-state index in [-0.39, 0.29) is 0 Å².